The van der Waals surface area contributed by atoms with Crippen molar-refractivity contribution in [2.75, 3.05) is 7.05 Å². The molecule has 1 saturated carbocycles. The van der Waals surface area contributed by atoms with Crippen molar-refractivity contribution in [3.05, 3.63) is 31.1 Å². The Hall–Kier alpha value is -0.0400. The molecule has 0 aromatic carbocycles. The van der Waals surface area contributed by atoms with E-state index in [1.165, 1.54) is 11.8 Å². The molecule has 0 aromatic rings. The highest BCUT2D eigenvalue weighted by Crippen LogP contribution is 2.34. The minimum atomic E-state index is 0.481. The molecule has 0 amide bonds. The zero-order chi connectivity index (χ0) is 7.56. The fourth-order valence-electron chi connectivity index (χ4n) is 1.17. The lowest BCUT2D eigenvalue weighted by molar-refractivity contribution is 0.638. The second kappa shape index (κ2) is 3.38. The number of rotatable bonds is 2. The van der Waals surface area contributed by atoms with Gasteiger partial charge in [0.2, 0.25) is 0 Å². The van der Waals surface area contributed by atoms with Crippen LogP contribution in [0.4, 0.5) is 0 Å². The summed E-state index contributed by atoms with van der Waals surface area (Å²) in [5.41, 5.74) is 0. The summed E-state index contributed by atoms with van der Waals surface area (Å²) in [6, 6.07) is 0.481. The normalized spacial score (nSPS) is 25.5. The largest absolute Gasteiger partial charge is 0.317 e. The summed E-state index contributed by atoms with van der Waals surface area (Å²) in [7, 11) is 1.98. The predicted octanol–water partition coefficient (Wildman–Crippen LogP) is 1.39. The van der Waals surface area contributed by atoms with E-state index in [2.05, 4.69) is 38.4 Å². The first-order chi connectivity index (χ1) is 4.75. The van der Waals surface area contributed by atoms with Crippen LogP contribution in [0.3, 0.4) is 0 Å². The molecule has 0 unspecified atom stereocenters. The van der Waals surface area contributed by atoms with Gasteiger partial charge in [0.15, 0.2) is 0 Å². The molecule has 1 N–H and O–H groups in total. The molecule has 1 nitrogen and oxygen atoms in total. The molecule has 1 atom stereocenters. The van der Waals surface area contributed by atoms with Crippen molar-refractivity contribution in [3.63, 3.8) is 0 Å². The monoisotopic (exact) mass is 136 g/mol. The molecule has 0 heterocycles. The first-order valence-corrected chi connectivity index (χ1v) is 3.65. The maximum absolute atomic E-state index is 3.21. The molecule has 5 radical (unpaired) electrons. The number of nitrogens with one attached hydrogen (secondary N) is 1. The smallest absolute Gasteiger partial charge is 0.0107 e. The van der Waals surface area contributed by atoms with Gasteiger partial charge in [0.25, 0.3) is 0 Å². The van der Waals surface area contributed by atoms with Crippen molar-refractivity contribution >= 4 is 0 Å². The van der Waals surface area contributed by atoms with Crippen LogP contribution in [-0.2, 0) is 0 Å². The second-order valence-corrected chi connectivity index (χ2v) is 2.67. The van der Waals surface area contributed by atoms with Gasteiger partial charge < -0.3 is 5.32 Å². The Morgan fingerprint density at radius 2 is 2.10 bits per heavy atom. The summed E-state index contributed by atoms with van der Waals surface area (Å²) in [4.78, 5) is 0. The number of hydrogen-bond donors (Lipinski definition) is 1. The lowest BCUT2D eigenvalue weighted by Crippen LogP contribution is -2.29. The van der Waals surface area contributed by atoms with Gasteiger partial charge in [-0.15, -0.1) is 0 Å². The first-order valence-electron chi connectivity index (χ1n) is 3.65. The van der Waals surface area contributed by atoms with Gasteiger partial charge in [0, 0.05) is 12.0 Å². The fourth-order valence-corrected chi connectivity index (χ4v) is 1.17. The van der Waals surface area contributed by atoms with E-state index < -0.39 is 0 Å². The number of hydrogen-bond acceptors (Lipinski definition) is 1. The van der Waals surface area contributed by atoms with Crippen LogP contribution in [0.1, 0.15) is 13.8 Å². The molecule has 1 aliphatic rings. The standard InChI is InChI=1S/C9H14N/c1-7-5-4-6-9(7)8(2)10-3/h4-6,8,10H,1-3H3/t8-/m1/s1. The first kappa shape index (κ1) is 8.06. The van der Waals surface area contributed by atoms with Crippen LogP contribution < -0.4 is 5.32 Å². The third-order valence-corrected chi connectivity index (χ3v) is 1.98. The summed E-state index contributed by atoms with van der Waals surface area (Å²) in [5.74, 6) is 2.78. The van der Waals surface area contributed by atoms with Crippen molar-refractivity contribution in [3.8, 4) is 0 Å². The molecule has 1 heteroatoms. The van der Waals surface area contributed by atoms with E-state index in [1.54, 1.807) is 0 Å². The van der Waals surface area contributed by atoms with E-state index in [-0.39, 0.29) is 0 Å². The highest BCUT2D eigenvalue weighted by atomic mass is 14.9. The maximum Gasteiger partial charge on any atom is 0.0107 e. The zero-order valence-electron chi connectivity index (χ0n) is 6.81. The fraction of sp³-hybridized carbons (Fsp3) is 0.444. The molecule has 10 heavy (non-hydrogen) atoms. The molecular formula is C9H14N. The molecule has 1 rings (SSSR count). The Kier molecular flexibility index (Phi) is 2.72. The van der Waals surface area contributed by atoms with Crippen LogP contribution in [0, 0.1) is 31.1 Å². The minimum absolute atomic E-state index is 0.481. The van der Waals surface area contributed by atoms with Crippen molar-refractivity contribution in [1.82, 2.24) is 5.32 Å². The third kappa shape index (κ3) is 1.51. The highest BCUT2D eigenvalue weighted by molar-refractivity contribution is 5.44. The second-order valence-electron chi connectivity index (χ2n) is 2.67. The van der Waals surface area contributed by atoms with Crippen molar-refractivity contribution in [2.24, 2.45) is 0 Å². The van der Waals surface area contributed by atoms with E-state index in [0.717, 1.165) is 0 Å². The van der Waals surface area contributed by atoms with Gasteiger partial charge in [0.05, 0.1) is 0 Å². The van der Waals surface area contributed by atoms with E-state index in [0.29, 0.717) is 6.04 Å². The van der Waals surface area contributed by atoms with Crippen molar-refractivity contribution in [1.29, 1.82) is 0 Å². The Morgan fingerprint density at radius 1 is 1.40 bits per heavy atom. The van der Waals surface area contributed by atoms with Gasteiger partial charge in [-0.3, -0.25) is 0 Å². The molecule has 1 aliphatic carbocycles. The zero-order valence-corrected chi connectivity index (χ0v) is 6.81. The van der Waals surface area contributed by atoms with Crippen LogP contribution in [0.2, 0.25) is 0 Å². The SMILES string of the molecule is CN[C@H](C)[C]1[CH][CH][CH][C]1C. The summed E-state index contributed by atoms with van der Waals surface area (Å²) in [6.07, 6.45) is 6.40. The molecule has 0 aliphatic heterocycles. The van der Waals surface area contributed by atoms with Crippen molar-refractivity contribution < 1.29 is 0 Å². The molecule has 0 aromatic heterocycles. The summed E-state index contributed by atoms with van der Waals surface area (Å²) in [6.45, 7) is 4.31. The molecule has 0 spiro atoms. The van der Waals surface area contributed by atoms with Gasteiger partial charge in [-0.2, -0.15) is 0 Å². The topological polar surface area (TPSA) is 12.0 Å². The van der Waals surface area contributed by atoms with Gasteiger partial charge >= 0.3 is 0 Å². The van der Waals surface area contributed by atoms with E-state index in [1.807, 2.05) is 7.05 Å². The summed E-state index contributed by atoms with van der Waals surface area (Å²) >= 11 is 0. The van der Waals surface area contributed by atoms with Crippen LogP contribution in [0.15, 0.2) is 0 Å². The molecule has 0 saturated heterocycles. The van der Waals surface area contributed by atoms with E-state index in [9.17, 15) is 0 Å². The average molecular weight is 136 g/mol. The van der Waals surface area contributed by atoms with Crippen molar-refractivity contribution in [2.45, 2.75) is 19.9 Å². The quantitative estimate of drug-likeness (QED) is 0.605. The van der Waals surface area contributed by atoms with Gasteiger partial charge in [-0.05, 0) is 39.2 Å². The molecular weight excluding hydrogens is 122 g/mol. The van der Waals surface area contributed by atoms with Crippen LogP contribution in [0.5, 0.6) is 0 Å². The highest BCUT2D eigenvalue weighted by Gasteiger charge is 2.28. The maximum atomic E-state index is 3.21. The Bertz CT molecular complexity index is 101. The van der Waals surface area contributed by atoms with Crippen LogP contribution in [0.25, 0.3) is 0 Å². The third-order valence-electron chi connectivity index (χ3n) is 1.98. The van der Waals surface area contributed by atoms with Gasteiger partial charge in [-0.25, -0.2) is 0 Å². The summed E-state index contributed by atoms with van der Waals surface area (Å²) in [5, 5.41) is 3.21. The molecule has 1 fully saturated rings. The van der Waals surface area contributed by atoms with Crippen LogP contribution in [-0.4, -0.2) is 13.1 Å². The van der Waals surface area contributed by atoms with E-state index >= 15 is 0 Å². The lowest BCUT2D eigenvalue weighted by atomic mass is 9.91. The Balaban J connectivity index is 2.38. The van der Waals surface area contributed by atoms with Gasteiger partial charge in [-0.1, -0.05) is 6.92 Å². The minimum Gasteiger partial charge on any atom is -0.317 e. The predicted molar refractivity (Wildman–Crippen MR) is 43.6 cm³/mol. The van der Waals surface area contributed by atoms with Crippen LogP contribution >= 0.6 is 0 Å². The Morgan fingerprint density at radius 3 is 2.50 bits per heavy atom. The Labute approximate surface area is 64.2 Å². The molecule has 55 valence electrons. The summed E-state index contributed by atoms with van der Waals surface area (Å²) < 4.78 is 0. The van der Waals surface area contributed by atoms with Gasteiger partial charge in [0.1, 0.15) is 0 Å². The lowest BCUT2D eigenvalue weighted by Gasteiger charge is -2.20. The molecule has 0 bridgehead atoms. The average Bonchev–Trinajstić information content (AvgIpc) is 2.34. The van der Waals surface area contributed by atoms with E-state index in [4.69, 9.17) is 0 Å².